The molecule has 40 heavy (non-hydrogen) atoms. The summed E-state index contributed by atoms with van der Waals surface area (Å²) in [4.78, 5) is 26.4. The summed E-state index contributed by atoms with van der Waals surface area (Å²) in [5, 5.41) is 15.1. The highest BCUT2D eigenvalue weighted by atomic mass is 79.9. The van der Waals surface area contributed by atoms with Crippen molar-refractivity contribution in [2.75, 3.05) is 19.0 Å². The van der Waals surface area contributed by atoms with E-state index in [9.17, 15) is 14.9 Å². The zero-order valence-corrected chi connectivity index (χ0v) is 24.9. The summed E-state index contributed by atoms with van der Waals surface area (Å²) in [5.41, 5.74) is 2.47. The molecule has 1 heterocycles. The van der Waals surface area contributed by atoms with E-state index in [1.165, 1.54) is 24.5 Å². The lowest BCUT2D eigenvalue weighted by molar-refractivity contribution is -0.112. The number of amides is 1. The number of esters is 1. The number of fused-ring (bicyclic) bond motifs is 1. The first-order valence-electron chi connectivity index (χ1n) is 12.4. The number of nitrogens with one attached hydrogen (secondary N) is 1. The fourth-order valence-electron chi connectivity index (χ4n) is 4.18. The van der Waals surface area contributed by atoms with E-state index in [4.69, 9.17) is 14.2 Å². The SMILES string of the molecule is CCOC(=O)c1c(NC(=O)C(C#N)=Cc2cc(Br)c(OCc3cccc4ccccc34)c(OC)c2)sc(C)c1C. The van der Waals surface area contributed by atoms with Gasteiger partial charge in [-0.2, -0.15) is 5.26 Å². The van der Waals surface area contributed by atoms with Gasteiger partial charge in [-0.05, 0) is 82.4 Å². The number of carbonyl (C=O) groups is 2. The Morgan fingerprint density at radius 2 is 1.88 bits per heavy atom. The van der Waals surface area contributed by atoms with Crippen molar-refractivity contribution in [1.82, 2.24) is 0 Å². The Labute approximate surface area is 245 Å². The van der Waals surface area contributed by atoms with Crippen LogP contribution in [0.4, 0.5) is 5.00 Å². The Morgan fingerprint density at radius 1 is 1.12 bits per heavy atom. The van der Waals surface area contributed by atoms with Gasteiger partial charge in [0, 0.05) is 4.88 Å². The Kier molecular flexibility index (Phi) is 9.25. The van der Waals surface area contributed by atoms with Gasteiger partial charge >= 0.3 is 5.97 Å². The minimum Gasteiger partial charge on any atom is -0.493 e. The van der Waals surface area contributed by atoms with Gasteiger partial charge in [-0.3, -0.25) is 4.79 Å². The summed E-state index contributed by atoms with van der Waals surface area (Å²) < 4.78 is 17.5. The summed E-state index contributed by atoms with van der Waals surface area (Å²) in [6.45, 7) is 5.89. The number of aryl methyl sites for hydroxylation is 1. The predicted octanol–water partition coefficient (Wildman–Crippen LogP) is 7.59. The number of hydrogen-bond donors (Lipinski definition) is 1. The fraction of sp³-hybridized carbons (Fsp3) is 0.194. The number of hydrogen-bond acceptors (Lipinski definition) is 7. The monoisotopic (exact) mass is 618 g/mol. The molecule has 9 heteroatoms. The highest BCUT2D eigenvalue weighted by Gasteiger charge is 2.23. The van der Waals surface area contributed by atoms with Gasteiger partial charge in [0.2, 0.25) is 0 Å². The van der Waals surface area contributed by atoms with E-state index >= 15 is 0 Å². The number of rotatable bonds is 9. The van der Waals surface area contributed by atoms with Gasteiger partial charge in [-0.15, -0.1) is 11.3 Å². The topological polar surface area (TPSA) is 97.7 Å². The molecule has 0 atom stereocenters. The highest BCUT2D eigenvalue weighted by Crippen LogP contribution is 2.38. The molecule has 1 N–H and O–H groups in total. The minimum absolute atomic E-state index is 0.142. The number of nitrogens with zero attached hydrogens (tertiary/aromatic N) is 1. The molecule has 4 aromatic rings. The first kappa shape index (κ1) is 28.9. The average molecular weight is 620 g/mol. The minimum atomic E-state index is -0.638. The molecular weight excluding hydrogens is 592 g/mol. The molecule has 1 amide bonds. The number of benzene rings is 3. The second-order valence-electron chi connectivity index (χ2n) is 8.79. The molecule has 0 saturated heterocycles. The van der Waals surface area contributed by atoms with Gasteiger partial charge in [-0.25, -0.2) is 4.79 Å². The number of methoxy groups -OCH3 is 1. The summed E-state index contributed by atoms with van der Waals surface area (Å²) >= 11 is 4.81. The van der Waals surface area contributed by atoms with Gasteiger partial charge in [0.25, 0.3) is 5.91 Å². The second kappa shape index (κ2) is 12.8. The van der Waals surface area contributed by atoms with Crippen LogP contribution in [0.15, 0.2) is 64.6 Å². The standard InChI is InChI=1S/C31H27BrN2O5S/c1-5-38-31(36)27-18(2)19(3)40-30(27)34-29(35)23(16-33)13-20-14-25(32)28(26(15-20)37-4)39-17-22-11-8-10-21-9-6-7-12-24(21)22/h6-15H,5,17H2,1-4H3,(H,34,35). The van der Waals surface area contributed by atoms with Crippen molar-refractivity contribution >= 4 is 61.0 Å². The third-order valence-corrected chi connectivity index (χ3v) is 7.98. The molecule has 0 aliphatic rings. The van der Waals surface area contributed by atoms with Crippen molar-refractivity contribution in [1.29, 1.82) is 5.26 Å². The van der Waals surface area contributed by atoms with Gasteiger partial charge < -0.3 is 19.5 Å². The Balaban J connectivity index is 1.58. The van der Waals surface area contributed by atoms with Crippen LogP contribution in [0.5, 0.6) is 11.5 Å². The maximum Gasteiger partial charge on any atom is 0.341 e. The fourth-order valence-corrected chi connectivity index (χ4v) is 5.80. The molecule has 0 aliphatic carbocycles. The summed E-state index contributed by atoms with van der Waals surface area (Å²) in [6.07, 6.45) is 1.45. The van der Waals surface area contributed by atoms with E-state index in [0.717, 1.165) is 26.8 Å². The van der Waals surface area contributed by atoms with Crippen molar-refractivity contribution in [2.24, 2.45) is 0 Å². The van der Waals surface area contributed by atoms with Gasteiger partial charge in [0.05, 0.1) is 23.8 Å². The lowest BCUT2D eigenvalue weighted by Crippen LogP contribution is -2.16. The summed E-state index contributed by atoms with van der Waals surface area (Å²) in [7, 11) is 1.52. The number of nitriles is 1. The summed E-state index contributed by atoms with van der Waals surface area (Å²) in [6, 6.07) is 19.5. The molecule has 0 saturated carbocycles. The molecule has 204 valence electrons. The Hall–Kier alpha value is -4.13. The van der Waals surface area contributed by atoms with Crippen LogP contribution in [0, 0.1) is 25.2 Å². The zero-order chi connectivity index (χ0) is 28.8. The maximum absolute atomic E-state index is 13.1. The smallest absolute Gasteiger partial charge is 0.341 e. The maximum atomic E-state index is 13.1. The lowest BCUT2D eigenvalue weighted by atomic mass is 10.1. The van der Waals surface area contributed by atoms with E-state index in [1.54, 1.807) is 26.0 Å². The van der Waals surface area contributed by atoms with Crippen molar-refractivity contribution in [3.05, 3.63) is 91.8 Å². The van der Waals surface area contributed by atoms with Crippen LogP contribution in [-0.4, -0.2) is 25.6 Å². The molecule has 7 nitrogen and oxygen atoms in total. The normalized spacial score (nSPS) is 11.2. The number of ether oxygens (including phenoxy) is 3. The van der Waals surface area contributed by atoms with Crippen molar-refractivity contribution in [3.8, 4) is 17.6 Å². The third kappa shape index (κ3) is 6.19. The van der Waals surface area contributed by atoms with Crippen molar-refractivity contribution in [3.63, 3.8) is 0 Å². The lowest BCUT2D eigenvalue weighted by Gasteiger charge is -2.15. The number of halogens is 1. The van der Waals surface area contributed by atoms with E-state index in [1.807, 2.05) is 37.3 Å². The Morgan fingerprint density at radius 3 is 2.60 bits per heavy atom. The first-order chi connectivity index (χ1) is 19.3. The molecule has 0 unspecified atom stereocenters. The highest BCUT2D eigenvalue weighted by molar-refractivity contribution is 9.10. The molecule has 3 aromatic carbocycles. The molecule has 0 fully saturated rings. The van der Waals surface area contributed by atoms with E-state index in [0.29, 0.717) is 38.7 Å². The number of anilines is 1. The predicted molar refractivity (Wildman–Crippen MR) is 161 cm³/mol. The summed E-state index contributed by atoms with van der Waals surface area (Å²) in [5.74, 6) is -0.220. The van der Waals surface area contributed by atoms with Crippen LogP contribution in [0.2, 0.25) is 0 Å². The van der Waals surface area contributed by atoms with Crippen LogP contribution in [0.25, 0.3) is 16.8 Å². The van der Waals surface area contributed by atoms with Crippen LogP contribution < -0.4 is 14.8 Å². The second-order valence-corrected chi connectivity index (χ2v) is 10.9. The van der Waals surface area contributed by atoms with E-state index in [2.05, 4.69) is 39.4 Å². The van der Waals surface area contributed by atoms with Crippen LogP contribution in [-0.2, 0) is 16.1 Å². The largest absolute Gasteiger partial charge is 0.493 e. The van der Waals surface area contributed by atoms with Crippen molar-refractivity contribution < 1.29 is 23.8 Å². The molecule has 0 radical (unpaired) electrons. The third-order valence-electron chi connectivity index (χ3n) is 6.27. The van der Waals surface area contributed by atoms with Gasteiger partial charge in [0.15, 0.2) is 11.5 Å². The van der Waals surface area contributed by atoms with Crippen LogP contribution in [0.3, 0.4) is 0 Å². The number of thiophene rings is 1. The van der Waals surface area contributed by atoms with Crippen LogP contribution in [0.1, 0.15) is 38.8 Å². The van der Waals surface area contributed by atoms with Gasteiger partial charge in [-0.1, -0.05) is 42.5 Å². The molecule has 1 aromatic heterocycles. The van der Waals surface area contributed by atoms with Crippen molar-refractivity contribution in [2.45, 2.75) is 27.4 Å². The molecule has 4 rings (SSSR count). The van der Waals surface area contributed by atoms with Crippen LogP contribution >= 0.6 is 27.3 Å². The number of carbonyl (C=O) groups excluding carboxylic acids is 2. The molecule has 0 spiro atoms. The molecule has 0 bridgehead atoms. The quantitative estimate of drug-likeness (QED) is 0.118. The molecular formula is C31H27BrN2O5S. The van der Waals surface area contributed by atoms with Gasteiger partial charge in [0.1, 0.15) is 23.3 Å². The zero-order valence-electron chi connectivity index (χ0n) is 22.5. The van der Waals surface area contributed by atoms with E-state index < -0.39 is 11.9 Å². The first-order valence-corrected chi connectivity index (χ1v) is 14.1. The Bertz CT molecular complexity index is 1660. The average Bonchev–Trinajstić information content (AvgIpc) is 3.22. The molecule has 0 aliphatic heterocycles. The van der Waals surface area contributed by atoms with E-state index in [-0.39, 0.29) is 12.2 Å².